The smallest absolute Gasteiger partial charge is 0.231 e. The molecule has 122 valence electrons. The van der Waals surface area contributed by atoms with Crippen molar-refractivity contribution >= 4 is 23.4 Å². The van der Waals surface area contributed by atoms with E-state index in [1.807, 2.05) is 19.1 Å². The molecule has 2 aliphatic rings. The number of ether oxygens (including phenoxy) is 2. The van der Waals surface area contributed by atoms with Gasteiger partial charge in [-0.3, -0.25) is 14.6 Å². The topological polar surface area (TPSA) is 65.0 Å². The van der Waals surface area contributed by atoms with Crippen molar-refractivity contribution in [2.45, 2.75) is 13.3 Å². The number of ketones is 2. The molecule has 0 N–H and O–H groups in total. The maximum atomic E-state index is 12.4. The predicted octanol–water partition coefficient (Wildman–Crippen LogP) is 2.91. The third-order valence-electron chi connectivity index (χ3n) is 3.66. The van der Waals surface area contributed by atoms with E-state index in [2.05, 4.69) is 4.99 Å². The lowest BCUT2D eigenvalue weighted by Crippen LogP contribution is -2.20. The van der Waals surface area contributed by atoms with Crippen LogP contribution in [0.4, 0.5) is 0 Å². The molecule has 0 aromatic heterocycles. The average Bonchev–Trinajstić information content (AvgIpc) is 2.98. The highest BCUT2D eigenvalue weighted by Gasteiger charge is 2.21. The van der Waals surface area contributed by atoms with Gasteiger partial charge >= 0.3 is 0 Å². The first-order chi connectivity index (χ1) is 11.7. The van der Waals surface area contributed by atoms with E-state index in [0.717, 1.165) is 5.56 Å². The Morgan fingerprint density at radius 3 is 2.96 bits per heavy atom. The zero-order valence-electron chi connectivity index (χ0n) is 13.3. The molecule has 1 aliphatic carbocycles. The second kappa shape index (κ2) is 7.08. The van der Waals surface area contributed by atoms with Crippen LogP contribution >= 0.6 is 0 Å². The fraction of sp³-hybridized carbons (Fsp3) is 0.211. The van der Waals surface area contributed by atoms with Crippen molar-refractivity contribution in [2.75, 3.05) is 13.3 Å². The van der Waals surface area contributed by atoms with E-state index in [9.17, 15) is 9.59 Å². The van der Waals surface area contributed by atoms with Crippen molar-refractivity contribution in [3.63, 3.8) is 0 Å². The number of hydrogen-bond acceptors (Lipinski definition) is 5. The van der Waals surface area contributed by atoms with E-state index >= 15 is 0 Å². The number of carbonyl (C=O) groups excluding carboxylic acids is 2. The molecule has 0 amide bonds. The highest BCUT2D eigenvalue weighted by molar-refractivity contribution is 6.52. The van der Waals surface area contributed by atoms with Crippen LogP contribution in [0.25, 0.3) is 6.08 Å². The van der Waals surface area contributed by atoms with Crippen molar-refractivity contribution < 1.29 is 19.1 Å². The lowest BCUT2D eigenvalue weighted by Gasteiger charge is -2.03. The zero-order valence-corrected chi connectivity index (χ0v) is 13.3. The first-order valence-electron chi connectivity index (χ1n) is 7.76. The first kappa shape index (κ1) is 15.9. The second-order valence-corrected chi connectivity index (χ2v) is 5.27. The summed E-state index contributed by atoms with van der Waals surface area (Å²) in [4.78, 5) is 29.0. The molecular weight excluding hydrogens is 306 g/mol. The lowest BCUT2D eigenvalue weighted by atomic mass is 10.0. The minimum absolute atomic E-state index is 0.132. The van der Waals surface area contributed by atoms with Crippen LogP contribution in [0.3, 0.4) is 0 Å². The van der Waals surface area contributed by atoms with Gasteiger partial charge in [-0.1, -0.05) is 24.3 Å². The van der Waals surface area contributed by atoms with Crippen LogP contribution in [0.2, 0.25) is 0 Å². The Morgan fingerprint density at radius 1 is 1.29 bits per heavy atom. The van der Waals surface area contributed by atoms with Crippen LogP contribution in [0.15, 0.2) is 53.1 Å². The van der Waals surface area contributed by atoms with Gasteiger partial charge in [0.1, 0.15) is 0 Å². The molecule has 0 saturated carbocycles. The largest absolute Gasteiger partial charge is 0.454 e. The van der Waals surface area contributed by atoms with E-state index in [-0.39, 0.29) is 23.9 Å². The zero-order chi connectivity index (χ0) is 16.9. The standard InChI is InChI=1S/C19H17NO4/c1-2-20-15-6-4-3-5-14(19(15)22)16(21)9-7-13-8-10-17-18(11-13)24-12-23-17/h3-5,7-11H,2,6,12H2,1H3/b9-7+,20-15?. The Balaban J connectivity index is 1.78. The number of aliphatic imine (C=N–C) groups is 1. The summed E-state index contributed by atoms with van der Waals surface area (Å²) in [7, 11) is 0. The molecule has 1 heterocycles. The Labute approximate surface area is 140 Å². The molecule has 0 atom stereocenters. The summed E-state index contributed by atoms with van der Waals surface area (Å²) < 4.78 is 10.6. The molecule has 3 rings (SSSR count). The molecule has 0 radical (unpaired) electrons. The molecule has 24 heavy (non-hydrogen) atoms. The fourth-order valence-corrected chi connectivity index (χ4v) is 2.47. The van der Waals surface area contributed by atoms with Crippen LogP contribution < -0.4 is 9.47 Å². The Morgan fingerprint density at radius 2 is 2.12 bits per heavy atom. The highest BCUT2D eigenvalue weighted by atomic mass is 16.7. The molecule has 0 fully saturated rings. The quantitative estimate of drug-likeness (QED) is 0.631. The number of hydrogen-bond donors (Lipinski definition) is 0. The molecule has 1 aliphatic heterocycles. The molecular formula is C19H17NO4. The van der Waals surface area contributed by atoms with Crippen LogP contribution in [0, 0.1) is 0 Å². The molecule has 0 spiro atoms. The van der Waals surface area contributed by atoms with Gasteiger partial charge < -0.3 is 9.47 Å². The lowest BCUT2D eigenvalue weighted by molar-refractivity contribution is -0.116. The summed E-state index contributed by atoms with van der Waals surface area (Å²) >= 11 is 0. The minimum atomic E-state index is -0.340. The first-order valence-corrected chi connectivity index (χ1v) is 7.76. The second-order valence-electron chi connectivity index (χ2n) is 5.27. The minimum Gasteiger partial charge on any atom is -0.454 e. The van der Waals surface area contributed by atoms with E-state index < -0.39 is 0 Å². The monoisotopic (exact) mass is 323 g/mol. The van der Waals surface area contributed by atoms with Crippen LogP contribution in [-0.4, -0.2) is 30.6 Å². The molecule has 0 saturated heterocycles. The summed E-state index contributed by atoms with van der Waals surface area (Å²) in [6.07, 6.45) is 8.60. The Kier molecular flexibility index (Phi) is 4.70. The summed E-state index contributed by atoms with van der Waals surface area (Å²) in [6.45, 7) is 2.58. The number of benzene rings is 1. The van der Waals surface area contributed by atoms with Crippen molar-refractivity contribution in [3.8, 4) is 11.5 Å². The third kappa shape index (κ3) is 3.35. The van der Waals surface area contributed by atoms with Crippen LogP contribution in [0.1, 0.15) is 18.9 Å². The highest BCUT2D eigenvalue weighted by Crippen LogP contribution is 2.32. The van der Waals surface area contributed by atoms with Gasteiger partial charge in [0.05, 0.1) is 11.3 Å². The van der Waals surface area contributed by atoms with Crippen molar-refractivity contribution in [3.05, 3.63) is 53.6 Å². The van der Waals surface area contributed by atoms with Crippen LogP contribution in [0.5, 0.6) is 11.5 Å². The fourth-order valence-electron chi connectivity index (χ4n) is 2.47. The number of allylic oxidation sites excluding steroid dienone is 5. The van der Waals surface area contributed by atoms with Gasteiger partial charge in [0.25, 0.3) is 0 Å². The normalized spacial score (nSPS) is 18.1. The summed E-state index contributed by atoms with van der Waals surface area (Å²) in [5.41, 5.74) is 1.35. The van der Waals surface area contributed by atoms with E-state index in [1.165, 1.54) is 6.08 Å². The molecule has 5 nitrogen and oxygen atoms in total. The van der Waals surface area contributed by atoms with Crippen LogP contribution in [-0.2, 0) is 9.59 Å². The van der Waals surface area contributed by atoms with Gasteiger partial charge in [0.15, 0.2) is 17.3 Å². The van der Waals surface area contributed by atoms with Crippen molar-refractivity contribution in [1.29, 1.82) is 0 Å². The molecule has 1 aromatic carbocycles. The van der Waals surface area contributed by atoms with Gasteiger partial charge in [-0.15, -0.1) is 0 Å². The Hall–Kier alpha value is -2.95. The number of fused-ring (bicyclic) bond motifs is 1. The van der Waals surface area contributed by atoms with Gasteiger partial charge in [-0.25, -0.2) is 0 Å². The predicted molar refractivity (Wildman–Crippen MR) is 91.4 cm³/mol. The van der Waals surface area contributed by atoms with Gasteiger partial charge in [-0.2, -0.15) is 0 Å². The SMILES string of the molecule is CCN=C1CC=CC=C(C(=O)/C=C/c2ccc3c(c2)OCO3)C1=O. The Bertz CT molecular complexity index is 800. The summed E-state index contributed by atoms with van der Waals surface area (Å²) in [5.74, 6) is 0.690. The molecule has 1 aromatic rings. The van der Waals surface area contributed by atoms with E-state index in [1.54, 1.807) is 30.4 Å². The number of rotatable bonds is 4. The molecule has 0 unspecified atom stereocenters. The number of Topliss-reactive ketones (excluding diaryl/α,β-unsaturated/α-hetero) is 1. The number of nitrogens with zero attached hydrogens (tertiary/aromatic N) is 1. The van der Waals surface area contributed by atoms with Crippen molar-refractivity contribution in [2.24, 2.45) is 4.99 Å². The average molecular weight is 323 g/mol. The maximum Gasteiger partial charge on any atom is 0.231 e. The van der Waals surface area contributed by atoms with Crippen molar-refractivity contribution in [1.82, 2.24) is 0 Å². The third-order valence-corrected chi connectivity index (χ3v) is 3.66. The maximum absolute atomic E-state index is 12.4. The van der Waals surface area contributed by atoms with Gasteiger partial charge in [0, 0.05) is 13.0 Å². The van der Waals surface area contributed by atoms with Gasteiger partial charge in [0.2, 0.25) is 12.6 Å². The summed E-state index contributed by atoms with van der Waals surface area (Å²) in [5, 5.41) is 0. The van der Waals surface area contributed by atoms with Gasteiger partial charge in [-0.05, 0) is 36.8 Å². The molecule has 0 bridgehead atoms. The number of carbonyl (C=O) groups is 2. The summed E-state index contributed by atoms with van der Waals surface area (Å²) in [6, 6.07) is 5.40. The molecule has 5 heteroatoms. The van der Waals surface area contributed by atoms with E-state index in [0.29, 0.717) is 30.2 Å². The van der Waals surface area contributed by atoms with E-state index in [4.69, 9.17) is 9.47 Å².